The summed E-state index contributed by atoms with van der Waals surface area (Å²) in [5, 5.41) is 21.7. The zero-order valence-electron chi connectivity index (χ0n) is 22.8. The number of methoxy groups -OCH3 is 4. The maximum Gasteiger partial charge on any atom is 0.292 e. The number of nitriles is 1. The second-order valence-electron chi connectivity index (χ2n) is 9.61. The molecule has 0 fully saturated rings. The summed E-state index contributed by atoms with van der Waals surface area (Å²) >= 11 is 0. The first-order valence-electron chi connectivity index (χ1n) is 13.1. The number of nitrogens with zero attached hydrogens (tertiary/aromatic N) is 2. The van der Waals surface area contributed by atoms with E-state index in [1.165, 1.54) is 0 Å². The van der Waals surface area contributed by atoms with Gasteiger partial charge in [0.25, 0.3) is 5.69 Å². The molecule has 0 radical (unpaired) electrons. The topological polar surface area (TPSA) is 84.8 Å². The second kappa shape index (κ2) is 11.2. The van der Waals surface area contributed by atoms with Gasteiger partial charge in [-0.2, -0.15) is 9.83 Å². The first kappa shape index (κ1) is 26.3. The quantitative estimate of drug-likeness (QED) is 0.225. The van der Waals surface area contributed by atoms with Crippen LogP contribution in [0.2, 0.25) is 0 Å². The van der Waals surface area contributed by atoms with Gasteiger partial charge >= 0.3 is 0 Å². The van der Waals surface area contributed by atoms with Crippen molar-refractivity contribution in [3.05, 3.63) is 65.9 Å². The molecule has 4 aromatic rings. The van der Waals surface area contributed by atoms with Crippen LogP contribution in [0, 0.1) is 11.3 Å². The fourth-order valence-electron chi connectivity index (χ4n) is 5.80. The van der Waals surface area contributed by atoms with Crippen LogP contribution in [0.15, 0.2) is 54.6 Å². The number of fused-ring (bicyclic) bond motifs is 4. The van der Waals surface area contributed by atoms with Gasteiger partial charge in [-0.05, 0) is 42.0 Å². The Morgan fingerprint density at radius 1 is 0.872 bits per heavy atom. The lowest BCUT2D eigenvalue weighted by Crippen LogP contribution is -2.48. The number of aromatic nitrogens is 1. The zero-order chi connectivity index (χ0) is 27.5. The molecule has 0 bridgehead atoms. The largest absolute Gasteiger partial charge is 0.493 e. The fourth-order valence-corrected chi connectivity index (χ4v) is 5.80. The van der Waals surface area contributed by atoms with E-state index in [2.05, 4.69) is 34.9 Å². The summed E-state index contributed by atoms with van der Waals surface area (Å²) in [6.07, 6.45) is 3.00. The molecule has 0 spiro atoms. The highest BCUT2D eigenvalue weighted by Gasteiger charge is 2.39. The lowest BCUT2D eigenvalue weighted by atomic mass is 9.85. The molecular weight excluding hydrogens is 492 g/mol. The third kappa shape index (κ3) is 4.51. The second-order valence-corrected chi connectivity index (χ2v) is 9.61. The third-order valence-corrected chi connectivity index (χ3v) is 7.57. The van der Waals surface area contributed by atoms with Crippen LogP contribution >= 0.6 is 0 Å². The predicted molar refractivity (Wildman–Crippen MR) is 150 cm³/mol. The van der Waals surface area contributed by atoms with Gasteiger partial charge in [-0.25, -0.2) is 0 Å². The average Bonchev–Trinajstić information content (AvgIpc) is 2.98. The normalized spacial score (nSPS) is 13.8. The van der Waals surface area contributed by atoms with Crippen LogP contribution in [0.3, 0.4) is 0 Å². The molecule has 5 rings (SSSR count). The molecule has 0 saturated carbocycles. The fraction of sp³-hybridized carbons (Fsp3) is 0.312. The van der Waals surface area contributed by atoms with Crippen LogP contribution in [0.5, 0.6) is 23.0 Å². The van der Waals surface area contributed by atoms with Crippen molar-refractivity contribution < 1.29 is 28.6 Å². The van der Waals surface area contributed by atoms with Gasteiger partial charge < -0.3 is 24.1 Å². The maximum absolute atomic E-state index is 10.5. The Morgan fingerprint density at radius 2 is 1.59 bits per heavy atom. The molecule has 200 valence electrons. The van der Waals surface area contributed by atoms with E-state index in [1.807, 2.05) is 30.3 Å². The van der Waals surface area contributed by atoms with Crippen molar-refractivity contribution in [1.29, 1.82) is 5.26 Å². The van der Waals surface area contributed by atoms with Gasteiger partial charge in [-0.3, -0.25) is 0 Å². The molecule has 7 heteroatoms. The molecule has 1 aromatic heterocycles. The molecule has 0 aliphatic carbocycles. The molecular formula is C32H33N2O5+. The minimum absolute atomic E-state index is 0.00706. The van der Waals surface area contributed by atoms with E-state index in [9.17, 15) is 10.4 Å². The number of aliphatic hydroxyl groups is 1. The standard InChI is InChI=1S/C32H33N2O5/c1-36-29-15-21-14-27-25-17-24(20-10-6-5-7-11-20)31(38-3)32(39-4)26(25)16-22(12-8-9-13-35)34(27)28(19-33)23(21)18-30(29)37-2/h5-7,10-11,14-15,17-18,22,35H,8-9,12-13,16H2,1-4H3/q+1. The first-order valence-corrected chi connectivity index (χ1v) is 13.1. The average molecular weight is 526 g/mol. The lowest BCUT2D eigenvalue weighted by molar-refractivity contribution is -0.716. The highest BCUT2D eigenvalue weighted by molar-refractivity contribution is 5.92. The number of pyridine rings is 1. The highest BCUT2D eigenvalue weighted by atomic mass is 16.5. The van der Waals surface area contributed by atoms with E-state index in [0.717, 1.165) is 51.6 Å². The van der Waals surface area contributed by atoms with E-state index in [4.69, 9.17) is 18.9 Å². The number of hydrogen-bond donors (Lipinski definition) is 1. The van der Waals surface area contributed by atoms with Crippen LogP contribution in [0.25, 0.3) is 33.2 Å². The number of aliphatic hydroxyl groups excluding tert-OH is 1. The highest BCUT2D eigenvalue weighted by Crippen LogP contribution is 2.48. The molecule has 7 nitrogen and oxygen atoms in total. The summed E-state index contributed by atoms with van der Waals surface area (Å²) in [6, 6.07) is 20.7. The van der Waals surface area contributed by atoms with Crippen LogP contribution in [0.4, 0.5) is 0 Å². The third-order valence-electron chi connectivity index (χ3n) is 7.57. The SMILES string of the molecule is COc1cc2cc3[n+](c(C#N)c2cc1OC)C(CCCCO)Cc1c-3cc(-c2ccccc2)c(OC)c1OC. The van der Waals surface area contributed by atoms with Crippen molar-refractivity contribution in [2.75, 3.05) is 35.0 Å². The van der Waals surface area contributed by atoms with Crippen molar-refractivity contribution in [1.82, 2.24) is 0 Å². The Balaban J connectivity index is 1.87. The van der Waals surface area contributed by atoms with Crippen molar-refractivity contribution in [2.24, 2.45) is 0 Å². The van der Waals surface area contributed by atoms with Crippen LogP contribution in [0.1, 0.15) is 36.6 Å². The van der Waals surface area contributed by atoms with E-state index in [-0.39, 0.29) is 12.6 Å². The Morgan fingerprint density at radius 3 is 2.23 bits per heavy atom. The number of benzene rings is 3. The van der Waals surface area contributed by atoms with E-state index >= 15 is 0 Å². The van der Waals surface area contributed by atoms with Crippen molar-refractivity contribution >= 4 is 10.8 Å². The van der Waals surface area contributed by atoms with E-state index in [0.29, 0.717) is 41.5 Å². The minimum Gasteiger partial charge on any atom is -0.493 e. The van der Waals surface area contributed by atoms with Crippen LogP contribution in [-0.4, -0.2) is 40.2 Å². The summed E-state index contributed by atoms with van der Waals surface area (Å²) in [6.45, 7) is 0.137. The smallest absolute Gasteiger partial charge is 0.292 e. The Kier molecular flexibility index (Phi) is 7.58. The van der Waals surface area contributed by atoms with Gasteiger partial charge in [0.05, 0.1) is 39.4 Å². The molecule has 1 unspecified atom stereocenters. The van der Waals surface area contributed by atoms with Gasteiger partial charge in [0.2, 0.25) is 5.69 Å². The Labute approximate surface area is 228 Å². The minimum atomic E-state index is -0.00706. The monoisotopic (exact) mass is 525 g/mol. The first-order chi connectivity index (χ1) is 19.1. The molecule has 1 aliphatic rings. The zero-order valence-corrected chi connectivity index (χ0v) is 22.8. The van der Waals surface area contributed by atoms with Crippen molar-refractivity contribution in [3.63, 3.8) is 0 Å². The summed E-state index contributed by atoms with van der Waals surface area (Å²) in [5.74, 6) is 2.58. The molecule has 39 heavy (non-hydrogen) atoms. The summed E-state index contributed by atoms with van der Waals surface area (Å²) in [5.41, 5.74) is 5.48. The van der Waals surface area contributed by atoms with Gasteiger partial charge in [0.15, 0.2) is 35.1 Å². The summed E-state index contributed by atoms with van der Waals surface area (Å²) in [4.78, 5) is 0. The number of ether oxygens (including phenoxy) is 4. The van der Waals surface area contributed by atoms with Gasteiger partial charge in [0, 0.05) is 36.6 Å². The van der Waals surface area contributed by atoms with Gasteiger partial charge in [-0.15, -0.1) is 0 Å². The summed E-state index contributed by atoms with van der Waals surface area (Å²) in [7, 11) is 6.55. The number of unbranched alkanes of at least 4 members (excludes halogenated alkanes) is 1. The van der Waals surface area contributed by atoms with Crippen LogP contribution in [-0.2, 0) is 6.42 Å². The maximum atomic E-state index is 10.5. The molecule has 2 heterocycles. The van der Waals surface area contributed by atoms with E-state index in [1.54, 1.807) is 28.4 Å². The molecule has 0 amide bonds. The lowest BCUT2D eigenvalue weighted by Gasteiger charge is -2.27. The molecule has 3 aromatic carbocycles. The van der Waals surface area contributed by atoms with Crippen LogP contribution < -0.4 is 23.5 Å². The van der Waals surface area contributed by atoms with E-state index < -0.39 is 0 Å². The van der Waals surface area contributed by atoms with Crippen molar-refractivity contribution in [2.45, 2.75) is 31.7 Å². The molecule has 1 N–H and O–H groups in total. The van der Waals surface area contributed by atoms with Gasteiger partial charge in [-0.1, -0.05) is 30.3 Å². The number of hydrogen-bond acceptors (Lipinski definition) is 6. The molecule has 1 aliphatic heterocycles. The predicted octanol–water partition coefficient (Wildman–Crippen LogP) is 5.63. The van der Waals surface area contributed by atoms with Gasteiger partial charge in [0.1, 0.15) is 0 Å². The summed E-state index contributed by atoms with van der Waals surface area (Å²) < 4.78 is 25.3. The Hall–Kier alpha value is -4.28. The molecule has 1 atom stereocenters. The molecule has 0 saturated heterocycles. The number of rotatable bonds is 9. The van der Waals surface area contributed by atoms with Crippen molar-refractivity contribution in [3.8, 4) is 51.5 Å². The Bertz CT molecular complexity index is 1560.